The van der Waals surface area contributed by atoms with Gasteiger partial charge in [-0.3, -0.25) is 19.1 Å². The molecule has 38 heavy (non-hydrogen) atoms. The number of amides is 1. The first-order valence-corrected chi connectivity index (χ1v) is 14.7. The Hall–Kier alpha value is -2.89. The lowest BCUT2D eigenvalue weighted by atomic mass is 9.90. The number of hydrogen-bond donors (Lipinski definition) is 0. The third-order valence-corrected chi connectivity index (χ3v) is 8.65. The zero-order chi connectivity index (χ0) is 27.4. The molecule has 0 aliphatic carbocycles. The number of nitriles is 1. The van der Waals surface area contributed by atoms with Crippen LogP contribution in [-0.4, -0.2) is 39.3 Å². The molecule has 0 unspecified atom stereocenters. The van der Waals surface area contributed by atoms with Gasteiger partial charge in [0.25, 0.3) is 11.5 Å². The molecule has 1 amide bonds. The minimum Gasteiger partial charge on any atom is -0.357 e. The second kappa shape index (κ2) is 12.3. The van der Waals surface area contributed by atoms with E-state index in [-0.39, 0.29) is 17.0 Å². The number of piperidine rings is 1. The molecular weight excluding hydrogens is 512 g/mol. The molecule has 2 aliphatic heterocycles. The van der Waals surface area contributed by atoms with Crippen LogP contribution in [0.4, 0.5) is 5.82 Å². The van der Waals surface area contributed by atoms with Gasteiger partial charge in [-0.15, -0.1) is 0 Å². The first kappa shape index (κ1) is 28.1. The molecule has 0 saturated carbocycles. The summed E-state index contributed by atoms with van der Waals surface area (Å²) in [5.74, 6) is 1.59. The van der Waals surface area contributed by atoms with Crippen molar-refractivity contribution in [3.05, 3.63) is 67.8 Å². The van der Waals surface area contributed by atoms with Crippen LogP contribution >= 0.6 is 24.0 Å². The van der Waals surface area contributed by atoms with E-state index in [1.807, 2.05) is 26.0 Å². The minimum absolute atomic E-state index is 0.104. The maximum Gasteiger partial charge on any atom is 0.270 e. The normalized spacial score (nSPS) is 17.6. The molecule has 0 radical (unpaired) electrons. The molecule has 2 aromatic rings. The van der Waals surface area contributed by atoms with Crippen molar-refractivity contribution in [3.63, 3.8) is 0 Å². The van der Waals surface area contributed by atoms with Gasteiger partial charge in [0.1, 0.15) is 21.8 Å². The van der Waals surface area contributed by atoms with E-state index >= 15 is 0 Å². The van der Waals surface area contributed by atoms with Gasteiger partial charge in [0.05, 0.1) is 4.91 Å². The number of rotatable bonds is 8. The molecule has 8 heteroatoms. The second-order valence-electron chi connectivity index (χ2n) is 10.6. The second-order valence-corrected chi connectivity index (χ2v) is 12.3. The number of carbonyl (C=O) groups excluding carboxylic acids is 1. The standard InChI is InChI=1S/C30H36N4O2S2/c1-5-13-33-27(32-14-11-23(12-15-32)16-22-9-7-6-8-10-22)24(21(4)25(18-31)28(33)35)17-26-29(36)34(19-20(2)3)30(37)38-26/h6-10,17,20,23H,5,11-16,19H2,1-4H3. The molecule has 0 spiro atoms. The molecule has 4 rings (SSSR count). The molecule has 1 aromatic heterocycles. The Morgan fingerprint density at radius 2 is 1.87 bits per heavy atom. The number of hydrogen-bond acceptors (Lipinski definition) is 6. The van der Waals surface area contributed by atoms with E-state index in [0.29, 0.717) is 39.7 Å². The Balaban J connectivity index is 1.73. The van der Waals surface area contributed by atoms with Crippen LogP contribution < -0.4 is 10.5 Å². The highest BCUT2D eigenvalue weighted by Gasteiger charge is 2.34. The van der Waals surface area contributed by atoms with Gasteiger partial charge in [0.2, 0.25) is 0 Å². The highest BCUT2D eigenvalue weighted by molar-refractivity contribution is 8.26. The molecule has 1 aromatic carbocycles. The van der Waals surface area contributed by atoms with Crippen LogP contribution in [0.5, 0.6) is 0 Å². The summed E-state index contributed by atoms with van der Waals surface area (Å²) < 4.78 is 2.31. The molecule has 2 fully saturated rings. The lowest BCUT2D eigenvalue weighted by molar-refractivity contribution is -0.122. The van der Waals surface area contributed by atoms with E-state index in [4.69, 9.17) is 12.2 Å². The average molecular weight is 549 g/mol. The Kier molecular flexibility index (Phi) is 9.11. The Labute approximate surface area is 235 Å². The third-order valence-electron chi connectivity index (χ3n) is 7.27. The van der Waals surface area contributed by atoms with Crippen LogP contribution in [0.25, 0.3) is 6.08 Å². The van der Waals surface area contributed by atoms with Crippen molar-refractivity contribution in [2.75, 3.05) is 24.5 Å². The van der Waals surface area contributed by atoms with Crippen molar-refractivity contribution in [2.45, 2.75) is 59.9 Å². The number of aromatic nitrogens is 1. The lowest BCUT2D eigenvalue weighted by Crippen LogP contribution is -2.40. The van der Waals surface area contributed by atoms with Crippen molar-refractivity contribution in [3.8, 4) is 6.07 Å². The van der Waals surface area contributed by atoms with Gasteiger partial charge in [0, 0.05) is 31.7 Å². The van der Waals surface area contributed by atoms with Gasteiger partial charge in [-0.25, -0.2) is 0 Å². The fraction of sp³-hybridized carbons (Fsp3) is 0.467. The lowest BCUT2D eigenvalue weighted by Gasteiger charge is -2.36. The highest BCUT2D eigenvalue weighted by Crippen LogP contribution is 2.37. The predicted octanol–water partition coefficient (Wildman–Crippen LogP) is 5.75. The Morgan fingerprint density at radius 3 is 2.47 bits per heavy atom. The average Bonchev–Trinajstić information content (AvgIpc) is 3.15. The number of anilines is 1. The molecule has 0 bridgehead atoms. The summed E-state index contributed by atoms with van der Waals surface area (Å²) in [6.45, 7) is 10.7. The van der Waals surface area contributed by atoms with Crippen LogP contribution in [0.15, 0.2) is 40.0 Å². The summed E-state index contributed by atoms with van der Waals surface area (Å²) in [4.78, 5) is 31.2. The van der Waals surface area contributed by atoms with E-state index in [9.17, 15) is 14.9 Å². The molecule has 2 aliphatic rings. The quantitative estimate of drug-likeness (QED) is 0.309. The van der Waals surface area contributed by atoms with Crippen LogP contribution in [-0.2, 0) is 17.8 Å². The zero-order valence-corrected chi connectivity index (χ0v) is 24.3. The van der Waals surface area contributed by atoms with E-state index in [0.717, 1.165) is 50.2 Å². The van der Waals surface area contributed by atoms with Crippen molar-refractivity contribution in [1.82, 2.24) is 9.47 Å². The van der Waals surface area contributed by atoms with Gasteiger partial charge in [-0.05, 0) is 61.6 Å². The summed E-state index contributed by atoms with van der Waals surface area (Å²) in [6.07, 6.45) is 5.72. The van der Waals surface area contributed by atoms with Crippen molar-refractivity contribution >= 4 is 46.1 Å². The number of carbonyl (C=O) groups is 1. The number of benzene rings is 1. The topological polar surface area (TPSA) is 69.3 Å². The Morgan fingerprint density at radius 1 is 1.18 bits per heavy atom. The predicted molar refractivity (Wildman–Crippen MR) is 160 cm³/mol. The largest absolute Gasteiger partial charge is 0.357 e. The van der Waals surface area contributed by atoms with Crippen LogP contribution in [0.2, 0.25) is 0 Å². The molecule has 3 heterocycles. The maximum atomic E-state index is 13.5. The van der Waals surface area contributed by atoms with Crippen molar-refractivity contribution < 1.29 is 4.79 Å². The highest BCUT2D eigenvalue weighted by atomic mass is 32.2. The van der Waals surface area contributed by atoms with Crippen molar-refractivity contribution in [1.29, 1.82) is 5.26 Å². The first-order chi connectivity index (χ1) is 18.2. The molecule has 2 saturated heterocycles. The summed E-state index contributed by atoms with van der Waals surface area (Å²) in [6, 6.07) is 12.7. The SMILES string of the molecule is CCCn1c(N2CCC(Cc3ccccc3)CC2)c(C=C2SC(=S)N(CC(C)C)C2=O)c(C)c(C#N)c1=O. The fourth-order valence-electron chi connectivity index (χ4n) is 5.37. The van der Waals surface area contributed by atoms with Crippen LogP contribution in [0, 0.1) is 30.1 Å². The zero-order valence-electron chi connectivity index (χ0n) is 22.7. The van der Waals surface area contributed by atoms with Gasteiger partial charge in [-0.2, -0.15) is 5.26 Å². The van der Waals surface area contributed by atoms with E-state index < -0.39 is 0 Å². The molecule has 200 valence electrons. The Bertz CT molecular complexity index is 1330. The van der Waals surface area contributed by atoms with E-state index in [1.54, 1.807) is 9.47 Å². The number of thioether (sulfide) groups is 1. The van der Waals surface area contributed by atoms with Crippen LogP contribution in [0.1, 0.15) is 62.3 Å². The minimum atomic E-state index is -0.252. The number of nitrogens with zero attached hydrogens (tertiary/aromatic N) is 4. The summed E-state index contributed by atoms with van der Waals surface area (Å²) in [7, 11) is 0. The number of pyridine rings is 1. The fourth-order valence-corrected chi connectivity index (χ4v) is 6.62. The van der Waals surface area contributed by atoms with Gasteiger partial charge in [-0.1, -0.05) is 75.1 Å². The molecular formula is C30H36N4O2S2. The summed E-state index contributed by atoms with van der Waals surface area (Å²) in [5, 5.41) is 9.89. The molecule has 0 atom stereocenters. The molecule has 0 N–H and O–H groups in total. The smallest absolute Gasteiger partial charge is 0.270 e. The van der Waals surface area contributed by atoms with Gasteiger partial charge < -0.3 is 4.90 Å². The number of thiocarbonyl (C=S) groups is 1. The van der Waals surface area contributed by atoms with Crippen molar-refractivity contribution in [2.24, 2.45) is 11.8 Å². The van der Waals surface area contributed by atoms with E-state index in [1.165, 1.54) is 17.3 Å². The van der Waals surface area contributed by atoms with Gasteiger partial charge in [0.15, 0.2) is 0 Å². The van der Waals surface area contributed by atoms with E-state index in [2.05, 4.69) is 49.1 Å². The molecule has 6 nitrogen and oxygen atoms in total. The maximum absolute atomic E-state index is 13.5. The monoisotopic (exact) mass is 548 g/mol. The first-order valence-electron chi connectivity index (χ1n) is 13.5. The van der Waals surface area contributed by atoms with Gasteiger partial charge >= 0.3 is 0 Å². The third kappa shape index (κ3) is 5.89. The van der Waals surface area contributed by atoms with Crippen LogP contribution in [0.3, 0.4) is 0 Å². The summed E-state index contributed by atoms with van der Waals surface area (Å²) >= 11 is 6.83. The summed E-state index contributed by atoms with van der Waals surface area (Å²) in [5.41, 5.74) is 2.65.